The van der Waals surface area contributed by atoms with Crippen LogP contribution in [0.25, 0.3) is 0 Å². The lowest BCUT2D eigenvalue weighted by molar-refractivity contribution is 0.0503. The maximum absolute atomic E-state index is 11.6. The highest BCUT2D eigenvalue weighted by Gasteiger charge is 2.39. The van der Waals surface area contributed by atoms with E-state index in [1.54, 1.807) is 0 Å². The van der Waals surface area contributed by atoms with Gasteiger partial charge >= 0.3 is 6.09 Å². The molecule has 0 aromatic heterocycles. The Morgan fingerprint density at radius 3 is 2.05 bits per heavy atom. The summed E-state index contributed by atoms with van der Waals surface area (Å²) in [5.41, 5.74) is -0.485. The molecule has 4 nitrogen and oxygen atoms in total. The molecule has 1 amide bonds. The zero-order valence-electron chi connectivity index (χ0n) is 14.2. The minimum absolute atomic E-state index is 0.0910. The summed E-state index contributed by atoms with van der Waals surface area (Å²) in [4.78, 5) is 11.6. The summed E-state index contributed by atoms with van der Waals surface area (Å²) in [6, 6.07) is 0. The van der Waals surface area contributed by atoms with E-state index in [1.165, 1.54) is 0 Å². The number of rotatable bonds is 5. The first kappa shape index (κ1) is 19.8. The van der Waals surface area contributed by atoms with Crippen LogP contribution in [0.2, 0.25) is 18.1 Å². The first-order valence-corrected chi connectivity index (χ1v) is 10.6. The molecule has 0 unspecified atom stereocenters. The van der Waals surface area contributed by atoms with E-state index in [4.69, 9.17) is 9.16 Å². The zero-order valence-corrected chi connectivity index (χ0v) is 16.1. The lowest BCUT2D eigenvalue weighted by Crippen LogP contribution is -2.48. The van der Waals surface area contributed by atoms with E-state index in [-0.39, 0.29) is 11.1 Å². The SMILES string of the molecule is CC(C)(C)OC(=O)NC[C@@H](CS)O[Si](C)(C)C(C)(C)C. The highest BCUT2D eigenvalue weighted by Crippen LogP contribution is 2.37. The average Bonchev–Trinajstić information content (AvgIpc) is 2.19. The molecule has 120 valence electrons. The summed E-state index contributed by atoms with van der Waals surface area (Å²) < 4.78 is 11.4. The quantitative estimate of drug-likeness (QED) is 0.597. The second-order valence-electron chi connectivity index (χ2n) is 7.57. The first-order valence-electron chi connectivity index (χ1n) is 7.04. The van der Waals surface area contributed by atoms with Crippen molar-refractivity contribution in [2.75, 3.05) is 12.3 Å². The minimum Gasteiger partial charge on any atom is -0.444 e. The summed E-state index contributed by atoms with van der Waals surface area (Å²) in [7, 11) is -1.85. The molecule has 0 aromatic rings. The van der Waals surface area contributed by atoms with Crippen molar-refractivity contribution in [2.24, 2.45) is 0 Å². The van der Waals surface area contributed by atoms with Crippen molar-refractivity contribution in [3.8, 4) is 0 Å². The normalized spacial score (nSPS) is 14.8. The summed E-state index contributed by atoms with van der Waals surface area (Å²) in [5.74, 6) is 0.572. The van der Waals surface area contributed by atoms with Crippen LogP contribution in [0.1, 0.15) is 41.5 Å². The molecular weight excluding hydrogens is 290 g/mol. The number of thiol groups is 1. The van der Waals surface area contributed by atoms with Gasteiger partial charge in [0.1, 0.15) is 5.60 Å². The van der Waals surface area contributed by atoms with Gasteiger partial charge < -0.3 is 14.5 Å². The number of nitrogens with one attached hydrogen (secondary N) is 1. The minimum atomic E-state index is -1.85. The lowest BCUT2D eigenvalue weighted by Gasteiger charge is -2.39. The molecule has 0 bridgehead atoms. The van der Waals surface area contributed by atoms with Crippen molar-refractivity contribution in [3.63, 3.8) is 0 Å². The molecule has 0 heterocycles. The monoisotopic (exact) mass is 321 g/mol. The largest absolute Gasteiger partial charge is 0.444 e. The molecule has 1 N–H and O–H groups in total. The van der Waals surface area contributed by atoms with Gasteiger partial charge in [-0.1, -0.05) is 20.8 Å². The van der Waals surface area contributed by atoms with Crippen molar-refractivity contribution in [2.45, 2.75) is 71.4 Å². The molecule has 6 heteroatoms. The molecule has 1 atom stereocenters. The average molecular weight is 322 g/mol. The third-order valence-electron chi connectivity index (χ3n) is 3.34. The van der Waals surface area contributed by atoms with Gasteiger partial charge in [0.2, 0.25) is 0 Å². The van der Waals surface area contributed by atoms with E-state index in [9.17, 15) is 4.79 Å². The number of hydrogen-bond acceptors (Lipinski definition) is 4. The van der Waals surface area contributed by atoms with Crippen molar-refractivity contribution in [1.29, 1.82) is 0 Å². The van der Waals surface area contributed by atoms with Gasteiger partial charge in [0, 0.05) is 12.3 Å². The van der Waals surface area contributed by atoms with Gasteiger partial charge in [-0.3, -0.25) is 0 Å². The number of ether oxygens (including phenoxy) is 1. The van der Waals surface area contributed by atoms with Crippen molar-refractivity contribution in [3.05, 3.63) is 0 Å². The smallest absolute Gasteiger partial charge is 0.407 e. The maximum Gasteiger partial charge on any atom is 0.407 e. The van der Waals surface area contributed by atoms with E-state index in [1.807, 2.05) is 20.8 Å². The lowest BCUT2D eigenvalue weighted by atomic mass is 10.2. The maximum atomic E-state index is 11.6. The fourth-order valence-electron chi connectivity index (χ4n) is 1.25. The van der Waals surface area contributed by atoms with Crippen LogP contribution in [0.4, 0.5) is 4.79 Å². The number of carbonyl (C=O) groups is 1. The third kappa shape index (κ3) is 7.55. The second-order valence-corrected chi connectivity index (χ2v) is 12.7. The Hall–Kier alpha value is -0.203. The molecule has 0 fully saturated rings. The molecule has 0 spiro atoms. The molecule has 0 saturated heterocycles. The fourth-order valence-corrected chi connectivity index (χ4v) is 2.95. The van der Waals surface area contributed by atoms with Crippen LogP contribution in [0.3, 0.4) is 0 Å². The topological polar surface area (TPSA) is 47.6 Å². The number of alkyl carbamates (subject to hydrolysis) is 1. The number of amides is 1. The highest BCUT2D eigenvalue weighted by atomic mass is 32.1. The van der Waals surface area contributed by atoms with Crippen LogP contribution in [0.5, 0.6) is 0 Å². The summed E-state index contributed by atoms with van der Waals surface area (Å²) in [6.45, 7) is 16.9. The van der Waals surface area contributed by atoms with E-state index in [2.05, 4.69) is 51.8 Å². The van der Waals surface area contributed by atoms with E-state index < -0.39 is 20.0 Å². The molecule has 0 aliphatic carbocycles. The fraction of sp³-hybridized carbons (Fsp3) is 0.929. The predicted octanol–water partition coefficient (Wildman–Crippen LogP) is 3.83. The molecule has 0 aromatic carbocycles. The standard InChI is InChI=1S/C14H31NO3SSi/c1-13(2,3)17-12(16)15-9-11(10-19)18-20(7,8)14(4,5)6/h11,19H,9-10H2,1-8H3,(H,15,16)/t11-/m0/s1. The van der Waals surface area contributed by atoms with Crippen molar-refractivity contribution >= 4 is 27.0 Å². The summed E-state index contributed by atoms with van der Waals surface area (Å²) in [6.07, 6.45) is -0.505. The Morgan fingerprint density at radius 1 is 1.20 bits per heavy atom. The van der Waals surface area contributed by atoms with E-state index in [0.29, 0.717) is 12.3 Å². The van der Waals surface area contributed by atoms with Crippen molar-refractivity contribution < 1.29 is 14.0 Å². The Balaban J connectivity index is 4.41. The van der Waals surface area contributed by atoms with Gasteiger partial charge in [0.05, 0.1) is 6.10 Å². The van der Waals surface area contributed by atoms with Gasteiger partial charge in [-0.05, 0) is 38.9 Å². The zero-order chi connectivity index (χ0) is 16.2. The second kappa shape index (κ2) is 7.18. The number of carbonyl (C=O) groups excluding carboxylic acids is 1. The Bertz CT molecular complexity index is 321. The molecule has 0 aliphatic rings. The molecule has 20 heavy (non-hydrogen) atoms. The van der Waals surface area contributed by atoms with Crippen LogP contribution < -0.4 is 5.32 Å². The number of hydrogen-bond donors (Lipinski definition) is 2. The first-order chi connectivity index (χ1) is 8.78. The van der Waals surface area contributed by atoms with Crippen LogP contribution in [0, 0.1) is 0 Å². The summed E-state index contributed by atoms with van der Waals surface area (Å²) in [5, 5.41) is 2.89. The van der Waals surface area contributed by atoms with Gasteiger partial charge in [-0.15, -0.1) is 0 Å². The molecule has 0 rings (SSSR count). The molecule has 0 radical (unpaired) electrons. The predicted molar refractivity (Wildman–Crippen MR) is 90.2 cm³/mol. The third-order valence-corrected chi connectivity index (χ3v) is 8.29. The Morgan fingerprint density at radius 2 is 1.70 bits per heavy atom. The van der Waals surface area contributed by atoms with E-state index in [0.717, 1.165) is 0 Å². The van der Waals surface area contributed by atoms with Gasteiger partial charge in [0.25, 0.3) is 0 Å². The van der Waals surface area contributed by atoms with Gasteiger partial charge in [-0.2, -0.15) is 12.6 Å². The summed E-state index contributed by atoms with van der Waals surface area (Å²) >= 11 is 4.32. The van der Waals surface area contributed by atoms with Crippen LogP contribution in [0.15, 0.2) is 0 Å². The molecular formula is C14H31NO3SSi. The van der Waals surface area contributed by atoms with Crippen LogP contribution in [-0.4, -0.2) is 38.4 Å². The Labute approximate surface area is 130 Å². The van der Waals surface area contributed by atoms with Crippen molar-refractivity contribution in [1.82, 2.24) is 5.32 Å². The molecule has 0 saturated carbocycles. The van der Waals surface area contributed by atoms with E-state index >= 15 is 0 Å². The van der Waals surface area contributed by atoms with Gasteiger partial charge in [-0.25, -0.2) is 4.79 Å². The van der Waals surface area contributed by atoms with Crippen LogP contribution in [-0.2, 0) is 9.16 Å². The Kier molecular flexibility index (Phi) is 7.11. The highest BCUT2D eigenvalue weighted by molar-refractivity contribution is 7.80. The van der Waals surface area contributed by atoms with Crippen LogP contribution >= 0.6 is 12.6 Å². The molecule has 0 aliphatic heterocycles. The van der Waals surface area contributed by atoms with Gasteiger partial charge in [0.15, 0.2) is 8.32 Å².